The highest BCUT2D eigenvalue weighted by atomic mass is 32.2. The van der Waals surface area contributed by atoms with Gasteiger partial charge in [0.1, 0.15) is 11.6 Å². The zero-order valence-corrected chi connectivity index (χ0v) is 21.6. The van der Waals surface area contributed by atoms with Gasteiger partial charge in [0.15, 0.2) is 0 Å². The fraction of sp³-hybridized carbons (Fsp3) is 0.269. The summed E-state index contributed by atoms with van der Waals surface area (Å²) in [5.74, 6) is -0.313. The van der Waals surface area contributed by atoms with E-state index in [1.165, 1.54) is 36.4 Å². The van der Waals surface area contributed by atoms with E-state index in [4.69, 9.17) is 0 Å². The van der Waals surface area contributed by atoms with Gasteiger partial charge in [-0.2, -0.15) is 47.9 Å². The number of imidazole rings is 1. The smallest absolute Gasteiger partial charge is 0.471 e. The number of sulfonamides is 1. The summed E-state index contributed by atoms with van der Waals surface area (Å²) in [4.78, 5) is 7.65. The number of ether oxygens (including phenoxy) is 1. The number of aromatic nitrogens is 2. The van der Waals surface area contributed by atoms with Gasteiger partial charge in [0, 0.05) is 11.5 Å². The number of para-hydroxylation sites is 1. The molecule has 1 aromatic heterocycles. The third kappa shape index (κ3) is 5.98. The van der Waals surface area contributed by atoms with Crippen molar-refractivity contribution in [2.75, 3.05) is 4.72 Å². The largest absolute Gasteiger partial charge is 0.516 e. The van der Waals surface area contributed by atoms with Gasteiger partial charge in [-0.25, -0.2) is 4.98 Å². The highest BCUT2D eigenvalue weighted by Crippen LogP contribution is 2.54. The molecule has 0 bridgehead atoms. The molecule has 3 aromatic carbocycles. The minimum absolute atomic E-state index is 0.127. The molecule has 2 atom stereocenters. The summed E-state index contributed by atoms with van der Waals surface area (Å²) in [5.41, 5.74) is -3.52. The van der Waals surface area contributed by atoms with E-state index in [1.54, 1.807) is 22.9 Å². The van der Waals surface area contributed by atoms with Gasteiger partial charge in [0.05, 0.1) is 16.7 Å². The molecule has 0 amide bonds. The lowest BCUT2D eigenvalue weighted by Gasteiger charge is -2.23. The first-order chi connectivity index (χ1) is 19.4. The second-order valence-corrected chi connectivity index (χ2v) is 11.2. The number of anilines is 1. The Hall–Kier alpha value is -3.95. The summed E-state index contributed by atoms with van der Waals surface area (Å²) in [7, 11) is -5.66. The van der Waals surface area contributed by atoms with Crippen molar-refractivity contribution in [1.29, 1.82) is 0 Å². The third-order valence-corrected chi connectivity index (χ3v) is 7.68. The number of halogens is 9. The van der Waals surface area contributed by atoms with Crippen molar-refractivity contribution >= 4 is 26.7 Å². The lowest BCUT2D eigenvalue weighted by molar-refractivity contribution is -0.299. The maximum Gasteiger partial charge on any atom is 0.516 e. The number of rotatable bonds is 7. The molecule has 2 N–H and O–H groups in total. The van der Waals surface area contributed by atoms with E-state index in [2.05, 4.69) is 14.7 Å². The molecule has 224 valence electrons. The maximum absolute atomic E-state index is 12.9. The number of hydrogen-bond acceptors (Lipinski definition) is 4. The van der Waals surface area contributed by atoms with Gasteiger partial charge in [-0.15, -0.1) is 0 Å². The molecule has 1 saturated carbocycles. The Bertz CT molecular complexity index is 1700. The Kier molecular flexibility index (Phi) is 7.10. The molecule has 1 aliphatic carbocycles. The summed E-state index contributed by atoms with van der Waals surface area (Å²) in [6.07, 6.45) is -14.7. The van der Waals surface area contributed by atoms with Crippen LogP contribution in [0, 0.1) is 0 Å². The molecule has 42 heavy (non-hydrogen) atoms. The second-order valence-electron chi connectivity index (χ2n) is 9.55. The van der Waals surface area contributed by atoms with Crippen molar-refractivity contribution in [2.45, 2.75) is 42.2 Å². The molecular formula is C26H18F9N3O3S. The number of nitrogens with one attached hydrogen (secondary N) is 2. The summed E-state index contributed by atoms with van der Waals surface area (Å²) < 4.78 is 144. The predicted molar refractivity (Wildman–Crippen MR) is 133 cm³/mol. The molecule has 1 heterocycles. The van der Waals surface area contributed by atoms with E-state index in [9.17, 15) is 47.9 Å². The average molecular weight is 623 g/mol. The summed E-state index contributed by atoms with van der Waals surface area (Å²) in [6, 6.07) is 15.1. The van der Waals surface area contributed by atoms with Gasteiger partial charge in [0.2, 0.25) is 0 Å². The minimum Gasteiger partial charge on any atom is -0.471 e. The first-order valence-electron chi connectivity index (χ1n) is 12.0. The number of fused-ring (bicyclic) bond motifs is 1. The van der Waals surface area contributed by atoms with E-state index in [1.807, 2.05) is 0 Å². The number of hydrogen-bond donors (Lipinski definition) is 2. The lowest BCUT2D eigenvalue weighted by Crippen LogP contribution is -2.46. The van der Waals surface area contributed by atoms with Crippen molar-refractivity contribution < 1.29 is 52.7 Å². The Balaban J connectivity index is 1.33. The fourth-order valence-electron chi connectivity index (χ4n) is 4.51. The molecule has 16 heteroatoms. The van der Waals surface area contributed by atoms with Crippen LogP contribution in [0.1, 0.15) is 29.6 Å². The normalized spacial score (nSPS) is 18.0. The fourth-order valence-corrected chi connectivity index (χ4v) is 5.10. The van der Waals surface area contributed by atoms with Crippen LogP contribution in [0.25, 0.3) is 22.2 Å². The third-order valence-electron chi connectivity index (χ3n) is 6.59. The first-order valence-corrected chi connectivity index (χ1v) is 13.5. The van der Waals surface area contributed by atoms with Gasteiger partial charge < -0.3 is 9.72 Å². The summed E-state index contributed by atoms with van der Waals surface area (Å²) >= 11 is 0. The van der Waals surface area contributed by atoms with Gasteiger partial charge in [0.25, 0.3) is 6.10 Å². The molecule has 0 spiro atoms. The maximum atomic E-state index is 12.9. The first kappa shape index (κ1) is 29.5. The van der Waals surface area contributed by atoms with Crippen LogP contribution in [0.2, 0.25) is 0 Å². The SMILES string of the molecule is O=S(=O)(Nc1ccccc1-c1ccc2nc(C3CC3c3ccc(OC(C(F)(F)F)C(F)(F)F)cc3)[nH]c2c1)C(F)(F)F. The van der Waals surface area contributed by atoms with E-state index in [0.29, 0.717) is 34.4 Å². The molecule has 0 radical (unpaired) electrons. The van der Waals surface area contributed by atoms with Crippen molar-refractivity contribution in [3.63, 3.8) is 0 Å². The Morgan fingerprint density at radius 1 is 0.857 bits per heavy atom. The van der Waals surface area contributed by atoms with Crippen molar-refractivity contribution in [3.8, 4) is 16.9 Å². The summed E-state index contributed by atoms with van der Waals surface area (Å²) in [5, 5.41) is 0. The molecule has 4 aromatic rings. The van der Waals surface area contributed by atoms with Crippen LogP contribution in [0.3, 0.4) is 0 Å². The predicted octanol–water partition coefficient (Wildman–Crippen LogP) is 7.63. The molecule has 5 rings (SSSR count). The Morgan fingerprint density at radius 3 is 2.12 bits per heavy atom. The molecule has 0 aliphatic heterocycles. The average Bonchev–Trinajstić information content (AvgIpc) is 3.56. The van der Waals surface area contributed by atoms with Crippen LogP contribution in [0.15, 0.2) is 66.7 Å². The highest BCUT2D eigenvalue weighted by Gasteiger charge is 2.59. The zero-order chi connectivity index (χ0) is 30.7. The monoisotopic (exact) mass is 623 g/mol. The van der Waals surface area contributed by atoms with Crippen LogP contribution in [-0.2, 0) is 10.0 Å². The number of alkyl halides is 9. The standard InChI is InChI=1S/C26H18F9N3O3S/c27-24(28,29)23(25(30,31)32)41-15-8-5-13(6-9-15)17-12-18(17)22-36-20-10-7-14(11-21(20)37-22)16-3-1-2-4-19(16)38-42(39,40)26(33,34)35/h1-11,17-18,23,38H,12H2,(H,36,37). The summed E-state index contributed by atoms with van der Waals surface area (Å²) in [6.45, 7) is 0. The van der Waals surface area contributed by atoms with Crippen LogP contribution < -0.4 is 9.46 Å². The molecular weight excluding hydrogens is 605 g/mol. The van der Waals surface area contributed by atoms with Crippen molar-refractivity contribution in [1.82, 2.24) is 9.97 Å². The number of nitrogens with zero attached hydrogens (tertiary/aromatic N) is 1. The Labute approximate surface area is 231 Å². The van der Waals surface area contributed by atoms with Gasteiger partial charge in [-0.1, -0.05) is 36.4 Å². The van der Waals surface area contributed by atoms with Crippen LogP contribution in [0.5, 0.6) is 5.75 Å². The lowest BCUT2D eigenvalue weighted by atomic mass is 10.0. The zero-order valence-electron chi connectivity index (χ0n) is 20.8. The number of benzene rings is 3. The van der Waals surface area contributed by atoms with Gasteiger partial charge >= 0.3 is 27.9 Å². The molecule has 6 nitrogen and oxygen atoms in total. The number of H-pyrrole nitrogens is 1. The van der Waals surface area contributed by atoms with Crippen LogP contribution in [-0.4, -0.2) is 42.4 Å². The van der Waals surface area contributed by atoms with Crippen LogP contribution in [0.4, 0.5) is 45.2 Å². The van der Waals surface area contributed by atoms with E-state index in [-0.39, 0.29) is 23.1 Å². The van der Waals surface area contributed by atoms with E-state index >= 15 is 0 Å². The molecule has 2 unspecified atom stereocenters. The van der Waals surface area contributed by atoms with E-state index in [0.717, 1.165) is 12.1 Å². The van der Waals surface area contributed by atoms with Gasteiger partial charge in [-0.3, -0.25) is 4.72 Å². The van der Waals surface area contributed by atoms with Crippen LogP contribution >= 0.6 is 0 Å². The van der Waals surface area contributed by atoms with Crippen molar-refractivity contribution in [2.24, 2.45) is 0 Å². The quantitative estimate of drug-likeness (QED) is 0.208. The van der Waals surface area contributed by atoms with E-state index < -0.39 is 39.7 Å². The molecule has 0 saturated heterocycles. The number of aromatic amines is 1. The van der Waals surface area contributed by atoms with Gasteiger partial charge in [-0.05, 0) is 53.8 Å². The topological polar surface area (TPSA) is 84.1 Å². The Morgan fingerprint density at radius 2 is 1.50 bits per heavy atom. The second kappa shape index (κ2) is 10.1. The highest BCUT2D eigenvalue weighted by molar-refractivity contribution is 7.93. The molecule has 1 aliphatic rings. The minimum atomic E-state index is -5.66. The molecule has 1 fully saturated rings. The van der Waals surface area contributed by atoms with Crippen molar-refractivity contribution in [3.05, 3.63) is 78.1 Å².